The summed E-state index contributed by atoms with van der Waals surface area (Å²) in [5.74, 6) is 2.95. The minimum atomic E-state index is -0.380. The molecular weight excluding hydrogens is 440 g/mol. The number of esters is 2. The van der Waals surface area contributed by atoms with Crippen molar-refractivity contribution in [2.24, 2.45) is 40.9 Å². The minimum Gasteiger partial charge on any atom is -0.459 e. The Hall–Kier alpha value is -1.65. The van der Waals surface area contributed by atoms with Crippen molar-refractivity contribution < 1.29 is 23.9 Å². The van der Waals surface area contributed by atoms with Crippen LogP contribution in [0.3, 0.4) is 0 Å². The summed E-state index contributed by atoms with van der Waals surface area (Å²) < 4.78 is 11.5. The first-order valence-corrected chi connectivity index (χ1v) is 14.5. The van der Waals surface area contributed by atoms with Crippen LogP contribution in [0.15, 0.2) is 11.6 Å². The summed E-state index contributed by atoms with van der Waals surface area (Å²) in [6.45, 7) is 4.31. The maximum Gasteiger partial charge on any atom is 0.344 e. The predicted molar refractivity (Wildman–Crippen MR) is 133 cm³/mol. The van der Waals surface area contributed by atoms with Crippen LogP contribution >= 0.6 is 0 Å². The van der Waals surface area contributed by atoms with Gasteiger partial charge in [-0.15, -0.1) is 0 Å². The van der Waals surface area contributed by atoms with Crippen LogP contribution in [0.1, 0.15) is 104 Å². The molecule has 5 aliphatic rings. The molecule has 0 heterocycles. The molecule has 194 valence electrons. The fourth-order valence-electron chi connectivity index (χ4n) is 8.93. The van der Waals surface area contributed by atoms with Crippen molar-refractivity contribution in [2.75, 3.05) is 6.61 Å². The van der Waals surface area contributed by atoms with E-state index in [0.717, 1.165) is 57.8 Å². The van der Waals surface area contributed by atoms with E-state index in [9.17, 15) is 14.4 Å². The van der Waals surface area contributed by atoms with E-state index in [1.165, 1.54) is 24.8 Å². The van der Waals surface area contributed by atoms with Gasteiger partial charge in [0.15, 0.2) is 12.4 Å². The van der Waals surface area contributed by atoms with Crippen LogP contribution in [0.4, 0.5) is 0 Å². The van der Waals surface area contributed by atoms with Crippen molar-refractivity contribution in [3.05, 3.63) is 11.6 Å². The zero-order valence-electron chi connectivity index (χ0n) is 21.8. The summed E-state index contributed by atoms with van der Waals surface area (Å²) in [5, 5.41) is 0. The monoisotopic (exact) mass is 484 g/mol. The number of hydrogen-bond acceptors (Lipinski definition) is 5. The second-order valence-corrected chi connectivity index (χ2v) is 12.5. The summed E-state index contributed by atoms with van der Waals surface area (Å²) in [6.07, 6.45) is 16.5. The van der Waals surface area contributed by atoms with Crippen molar-refractivity contribution >= 4 is 17.7 Å². The van der Waals surface area contributed by atoms with Crippen molar-refractivity contribution in [3.63, 3.8) is 0 Å². The molecule has 5 rings (SSSR count). The summed E-state index contributed by atoms with van der Waals surface area (Å²) in [5.41, 5.74) is 1.41. The quantitative estimate of drug-likeness (QED) is 0.421. The highest BCUT2D eigenvalue weighted by atomic mass is 16.6. The molecule has 0 radical (unpaired) electrons. The van der Waals surface area contributed by atoms with Crippen molar-refractivity contribution in [1.29, 1.82) is 0 Å². The number of ketones is 1. The Morgan fingerprint density at radius 2 is 1.80 bits per heavy atom. The molecule has 0 aromatic heterocycles. The number of fused-ring (bicyclic) bond motifs is 5. The molecule has 4 fully saturated rings. The molecule has 0 aromatic carbocycles. The third-order valence-corrected chi connectivity index (χ3v) is 10.7. The Balaban J connectivity index is 1.20. The maximum atomic E-state index is 12.8. The van der Waals surface area contributed by atoms with E-state index in [0.29, 0.717) is 54.1 Å². The van der Waals surface area contributed by atoms with Gasteiger partial charge in [-0.05, 0) is 99.4 Å². The molecule has 4 saturated carbocycles. The van der Waals surface area contributed by atoms with Crippen LogP contribution in [0.5, 0.6) is 0 Å². The SMILES string of the molecule is CC[C@H]1C[C@H]2[C@@H]3CCC4=CC(=O)CC[C@@H]4[C@H]3CC[C@]2(C)[C@H]1OC(=O)COC(=O)CC1CCCCC1. The van der Waals surface area contributed by atoms with Crippen molar-refractivity contribution in [3.8, 4) is 0 Å². The third-order valence-electron chi connectivity index (χ3n) is 10.7. The van der Waals surface area contributed by atoms with Gasteiger partial charge in [0.1, 0.15) is 6.10 Å². The van der Waals surface area contributed by atoms with Crippen LogP contribution in [0.2, 0.25) is 0 Å². The highest BCUT2D eigenvalue weighted by Crippen LogP contribution is 2.64. The lowest BCUT2D eigenvalue weighted by Crippen LogP contribution is -2.49. The second-order valence-electron chi connectivity index (χ2n) is 12.5. The Bertz CT molecular complexity index is 855. The molecule has 7 atom stereocenters. The van der Waals surface area contributed by atoms with E-state index < -0.39 is 0 Å². The molecule has 0 aliphatic heterocycles. The highest BCUT2D eigenvalue weighted by Gasteiger charge is 2.60. The lowest BCUT2D eigenvalue weighted by Gasteiger charge is -2.53. The topological polar surface area (TPSA) is 69.7 Å². The van der Waals surface area contributed by atoms with Crippen molar-refractivity contribution in [2.45, 2.75) is 110 Å². The maximum absolute atomic E-state index is 12.8. The molecule has 35 heavy (non-hydrogen) atoms. The van der Waals surface area contributed by atoms with Gasteiger partial charge in [0.05, 0.1) is 0 Å². The highest BCUT2D eigenvalue weighted by molar-refractivity contribution is 5.91. The number of carbonyl (C=O) groups excluding carboxylic acids is 3. The van der Waals surface area contributed by atoms with Gasteiger partial charge in [-0.3, -0.25) is 9.59 Å². The first-order valence-electron chi connectivity index (χ1n) is 14.5. The average Bonchev–Trinajstić information content (AvgIpc) is 3.14. The number of carbonyl (C=O) groups is 3. The van der Waals surface area contributed by atoms with Crippen molar-refractivity contribution in [1.82, 2.24) is 0 Å². The normalized spacial score (nSPS) is 39.1. The number of allylic oxidation sites excluding steroid dienone is 1. The molecule has 0 unspecified atom stereocenters. The van der Waals surface area contributed by atoms with Gasteiger partial charge in [-0.25, -0.2) is 4.79 Å². The third kappa shape index (κ3) is 4.98. The Morgan fingerprint density at radius 3 is 2.57 bits per heavy atom. The predicted octanol–water partition coefficient (Wildman–Crippen LogP) is 6.19. The average molecular weight is 485 g/mol. The zero-order chi connectivity index (χ0) is 24.6. The van der Waals surface area contributed by atoms with Gasteiger partial charge in [0.25, 0.3) is 0 Å². The Kier molecular flexibility index (Phi) is 7.42. The first-order chi connectivity index (χ1) is 16.9. The molecule has 5 heteroatoms. The largest absolute Gasteiger partial charge is 0.459 e. The first kappa shape index (κ1) is 25.0. The van der Waals surface area contributed by atoms with Crippen LogP contribution < -0.4 is 0 Å². The van der Waals surface area contributed by atoms with E-state index >= 15 is 0 Å². The van der Waals surface area contributed by atoms with E-state index in [2.05, 4.69) is 13.8 Å². The van der Waals surface area contributed by atoms with Gasteiger partial charge in [0.2, 0.25) is 0 Å². The molecule has 0 spiro atoms. The van der Waals surface area contributed by atoms with Gasteiger partial charge in [-0.1, -0.05) is 38.7 Å². The van der Waals surface area contributed by atoms with Gasteiger partial charge in [-0.2, -0.15) is 0 Å². The van der Waals surface area contributed by atoms with Crippen LogP contribution in [0.25, 0.3) is 0 Å². The second kappa shape index (κ2) is 10.4. The molecule has 0 N–H and O–H groups in total. The standard InChI is InChI=1S/C30H44O5/c1-3-20-17-26-25-11-9-21-16-22(31)10-12-23(21)24(25)13-14-30(26,2)29(20)35-28(33)18-34-27(32)15-19-7-5-4-6-8-19/h16,19-20,23-26,29H,3-15,17-18H2,1-2H3/t20-,23-,24+,25+,26-,29-,30-/m0/s1. The smallest absolute Gasteiger partial charge is 0.344 e. The number of rotatable bonds is 6. The molecule has 0 saturated heterocycles. The lowest BCUT2D eigenvalue weighted by molar-refractivity contribution is -0.171. The molecule has 5 aliphatic carbocycles. The van der Waals surface area contributed by atoms with Crippen LogP contribution in [-0.4, -0.2) is 30.4 Å². The fourth-order valence-corrected chi connectivity index (χ4v) is 8.93. The summed E-state index contributed by atoms with van der Waals surface area (Å²) in [7, 11) is 0. The summed E-state index contributed by atoms with van der Waals surface area (Å²) in [6, 6.07) is 0. The molecule has 0 aromatic rings. The Labute approximate surface area is 210 Å². The van der Waals surface area contributed by atoms with Gasteiger partial charge in [0, 0.05) is 18.3 Å². The van der Waals surface area contributed by atoms with E-state index in [1.54, 1.807) is 0 Å². The number of hydrogen-bond donors (Lipinski definition) is 0. The van der Waals surface area contributed by atoms with E-state index in [1.807, 2.05) is 6.08 Å². The summed E-state index contributed by atoms with van der Waals surface area (Å²) in [4.78, 5) is 37.1. The number of ether oxygens (including phenoxy) is 2. The Morgan fingerprint density at radius 1 is 1.00 bits per heavy atom. The fraction of sp³-hybridized carbons (Fsp3) is 0.833. The lowest BCUT2D eigenvalue weighted by atomic mass is 9.52. The van der Waals surface area contributed by atoms with Gasteiger partial charge >= 0.3 is 11.9 Å². The van der Waals surface area contributed by atoms with Gasteiger partial charge < -0.3 is 9.47 Å². The molecular formula is C30H44O5. The molecule has 0 bridgehead atoms. The summed E-state index contributed by atoms with van der Waals surface area (Å²) >= 11 is 0. The molecule has 0 amide bonds. The zero-order valence-corrected chi connectivity index (χ0v) is 21.8. The van der Waals surface area contributed by atoms with E-state index in [-0.39, 0.29) is 30.1 Å². The van der Waals surface area contributed by atoms with Crippen LogP contribution in [0, 0.1) is 40.9 Å². The van der Waals surface area contributed by atoms with E-state index in [4.69, 9.17) is 9.47 Å². The van der Waals surface area contributed by atoms with Crippen LogP contribution in [-0.2, 0) is 23.9 Å². The molecule has 5 nitrogen and oxygen atoms in total. The minimum absolute atomic E-state index is 0.00465.